The predicted octanol–water partition coefficient (Wildman–Crippen LogP) is 4.26. The van der Waals surface area contributed by atoms with Crippen LogP contribution in [0.5, 0.6) is 0 Å². The van der Waals surface area contributed by atoms with Gasteiger partial charge in [-0.15, -0.1) is 0 Å². The molecule has 1 aromatic heterocycles. The summed E-state index contributed by atoms with van der Waals surface area (Å²) in [4.78, 5) is 0. The molecule has 0 fully saturated rings. The Bertz CT molecular complexity index is 759. The first-order valence-electron chi connectivity index (χ1n) is 5.90. The second-order valence-electron chi connectivity index (χ2n) is 4.06. The van der Waals surface area contributed by atoms with E-state index in [1.54, 1.807) is 0 Å². The third-order valence-corrected chi connectivity index (χ3v) is 3.09. The summed E-state index contributed by atoms with van der Waals surface area (Å²) in [6.07, 6.45) is 0.791. The van der Waals surface area contributed by atoms with Crippen molar-refractivity contribution < 1.29 is 4.42 Å². The van der Waals surface area contributed by atoms with E-state index in [4.69, 9.17) is 4.42 Å². The highest BCUT2D eigenvalue weighted by atomic mass is 32.1. The topological polar surface area (TPSA) is 13.1 Å². The van der Waals surface area contributed by atoms with E-state index in [2.05, 4.69) is 36.6 Å². The number of hydrogen-bond donors (Lipinski definition) is 1. The van der Waals surface area contributed by atoms with Crippen LogP contribution in [0.15, 0.2) is 46.9 Å². The van der Waals surface area contributed by atoms with Crippen molar-refractivity contribution >= 4 is 34.6 Å². The minimum absolute atomic E-state index is 0.781. The van der Waals surface area contributed by atoms with Crippen molar-refractivity contribution in [3.05, 3.63) is 48.0 Å². The fourth-order valence-corrected chi connectivity index (χ4v) is 2.17. The van der Waals surface area contributed by atoms with Gasteiger partial charge in [0.1, 0.15) is 5.58 Å². The van der Waals surface area contributed by atoms with E-state index in [1.807, 2.05) is 30.3 Å². The predicted molar refractivity (Wildman–Crippen MR) is 79.1 cm³/mol. The van der Waals surface area contributed by atoms with Crippen molar-refractivity contribution in [1.29, 1.82) is 0 Å². The molecule has 0 aliphatic carbocycles. The van der Waals surface area contributed by atoms with Gasteiger partial charge in [-0.1, -0.05) is 42.2 Å². The van der Waals surface area contributed by atoms with Crippen LogP contribution in [0.4, 0.5) is 0 Å². The largest absolute Gasteiger partial charge is 0.455 e. The number of rotatable bonds is 1. The molecule has 0 spiro atoms. The van der Waals surface area contributed by atoms with Gasteiger partial charge in [0.2, 0.25) is 0 Å². The highest BCUT2D eigenvalue weighted by molar-refractivity contribution is 7.80. The van der Waals surface area contributed by atoms with Gasteiger partial charge in [-0.3, -0.25) is 0 Å². The smallest absolute Gasteiger partial charge is 0.151 e. The average Bonchev–Trinajstić information content (AvgIpc) is 2.79. The Hall–Kier alpha value is -1.85. The summed E-state index contributed by atoms with van der Waals surface area (Å²) in [6.45, 7) is 0. The summed E-state index contributed by atoms with van der Waals surface area (Å²) in [5, 5.41) is 2.27. The van der Waals surface area contributed by atoms with Crippen molar-refractivity contribution in [2.24, 2.45) is 0 Å². The van der Waals surface area contributed by atoms with Crippen LogP contribution in [0, 0.1) is 11.8 Å². The van der Waals surface area contributed by atoms with E-state index in [0.29, 0.717) is 0 Å². The van der Waals surface area contributed by atoms with Gasteiger partial charge in [0.05, 0.1) is 5.56 Å². The first kappa shape index (κ1) is 11.3. The van der Waals surface area contributed by atoms with Crippen LogP contribution < -0.4 is 0 Å². The molecule has 0 N–H and O–H groups in total. The van der Waals surface area contributed by atoms with Gasteiger partial charge < -0.3 is 4.42 Å². The molecule has 3 rings (SSSR count). The SMILES string of the molecule is SCCC#Cc1cccc2c1oc1ccccc12. The highest BCUT2D eigenvalue weighted by Crippen LogP contribution is 2.30. The molecule has 0 radical (unpaired) electrons. The average molecular weight is 252 g/mol. The van der Waals surface area contributed by atoms with Gasteiger partial charge in [-0.2, -0.15) is 12.6 Å². The molecule has 0 bridgehead atoms. The summed E-state index contributed by atoms with van der Waals surface area (Å²) in [5.41, 5.74) is 2.74. The normalized spacial score (nSPS) is 10.5. The maximum absolute atomic E-state index is 5.89. The van der Waals surface area contributed by atoms with Crippen molar-refractivity contribution in [2.45, 2.75) is 6.42 Å². The van der Waals surface area contributed by atoms with E-state index >= 15 is 0 Å². The molecule has 2 aromatic carbocycles. The standard InChI is InChI=1S/C16H12OS/c18-11-4-3-6-12-7-5-9-14-13-8-1-2-10-15(13)17-16(12)14/h1-2,5,7-10,18H,4,11H2. The Morgan fingerprint density at radius 1 is 1.00 bits per heavy atom. The molecule has 18 heavy (non-hydrogen) atoms. The van der Waals surface area contributed by atoms with E-state index in [1.165, 1.54) is 0 Å². The number of benzene rings is 2. The summed E-state index contributed by atoms with van der Waals surface area (Å²) < 4.78 is 5.89. The molecule has 0 unspecified atom stereocenters. The Kier molecular flexibility index (Phi) is 3.00. The molecule has 0 atom stereocenters. The van der Waals surface area contributed by atoms with Crippen molar-refractivity contribution in [2.75, 3.05) is 5.75 Å². The monoisotopic (exact) mass is 252 g/mol. The molecule has 1 heterocycles. The van der Waals surface area contributed by atoms with Gasteiger partial charge in [0, 0.05) is 22.9 Å². The fraction of sp³-hybridized carbons (Fsp3) is 0.125. The maximum Gasteiger partial charge on any atom is 0.151 e. The zero-order chi connectivity index (χ0) is 12.4. The Morgan fingerprint density at radius 3 is 2.72 bits per heavy atom. The second kappa shape index (κ2) is 4.80. The molecule has 88 valence electrons. The van der Waals surface area contributed by atoms with Crippen LogP contribution >= 0.6 is 12.6 Å². The Labute approximate surface area is 111 Å². The second-order valence-corrected chi connectivity index (χ2v) is 4.50. The maximum atomic E-state index is 5.89. The van der Waals surface area contributed by atoms with Crippen LogP contribution in [-0.2, 0) is 0 Å². The van der Waals surface area contributed by atoms with Gasteiger partial charge >= 0.3 is 0 Å². The van der Waals surface area contributed by atoms with Crippen LogP contribution in [0.2, 0.25) is 0 Å². The summed E-state index contributed by atoms with van der Waals surface area (Å²) in [5.74, 6) is 7.04. The van der Waals surface area contributed by atoms with Gasteiger partial charge in [0.25, 0.3) is 0 Å². The quantitative estimate of drug-likeness (QED) is 0.504. The molecular formula is C16H12OS. The third kappa shape index (κ3) is 1.87. The first-order chi connectivity index (χ1) is 8.90. The molecule has 3 aromatic rings. The first-order valence-corrected chi connectivity index (χ1v) is 6.53. The fourth-order valence-electron chi connectivity index (χ4n) is 2.06. The van der Waals surface area contributed by atoms with Crippen LogP contribution in [0.25, 0.3) is 21.9 Å². The highest BCUT2D eigenvalue weighted by Gasteiger charge is 2.08. The van der Waals surface area contributed by atoms with Gasteiger partial charge in [0.15, 0.2) is 5.58 Å². The van der Waals surface area contributed by atoms with E-state index < -0.39 is 0 Å². The van der Waals surface area contributed by atoms with Crippen LogP contribution in [-0.4, -0.2) is 5.75 Å². The van der Waals surface area contributed by atoms with Crippen LogP contribution in [0.3, 0.4) is 0 Å². The zero-order valence-electron chi connectivity index (χ0n) is 9.81. The Balaban J connectivity index is 2.25. The molecule has 0 aliphatic heterocycles. The number of thiol groups is 1. The lowest BCUT2D eigenvalue weighted by Gasteiger charge is -1.92. The van der Waals surface area contributed by atoms with E-state index in [-0.39, 0.29) is 0 Å². The molecule has 0 saturated carbocycles. The molecule has 1 nitrogen and oxygen atoms in total. The van der Waals surface area contributed by atoms with Gasteiger partial charge in [-0.05, 0) is 12.1 Å². The number of para-hydroxylation sites is 2. The minimum atomic E-state index is 0.781. The summed E-state index contributed by atoms with van der Waals surface area (Å²) >= 11 is 4.16. The lowest BCUT2D eigenvalue weighted by Crippen LogP contribution is -1.76. The van der Waals surface area contributed by atoms with Crippen LogP contribution in [0.1, 0.15) is 12.0 Å². The van der Waals surface area contributed by atoms with Crippen molar-refractivity contribution in [1.82, 2.24) is 0 Å². The zero-order valence-corrected chi connectivity index (χ0v) is 10.7. The van der Waals surface area contributed by atoms with Crippen molar-refractivity contribution in [3.8, 4) is 11.8 Å². The lowest BCUT2D eigenvalue weighted by atomic mass is 10.1. The molecule has 0 saturated heterocycles. The number of fused-ring (bicyclic) bond motifs is 3. The minimum Gasteiger partial charge on any atom is -0.455 e. The summed E-state index contributed by atoms with van der Waals surface area (Å²) in [6, 6.07) is 14.2. The summed E-state index contributed by atoms with van der Waals surface area (Å²) in [7, 11) is 0. The molecule has 0 aliphatic rings. The molecule has 0 amide bonds. The Morgan fingerprint density at radius 2 is 1.83 bits per heavy atom. The lowest BCUT2D eigenvalue weighted by molar-refractivity contribution is 0.668. The molecular weight excluding hydrogens is 240 g/mol. The van der Waals surface area contributed by atoms with Gasteiger partial charge in [-0.25, -0.2) is 0 Å². The number of furan rings is 1. The molecule has 2 heteroatoms. The number of hydrogen-bond acceptors (Lipinski definition) is 2. The van der Waals surface area contributed by atoms with E-state index in [9.17, 15) is 0 Å². The van der Waals surface area contributed by atoms with E-state index in [0.717, 1.165) is 39.7 Å². The van der Waals surface area contributed by atoms with Crippen molar-refractivity contribution in [3.63, 3.8) is 0 Å². The third-order valence-electron chi connectivity index (χ3n) is 2.86.